The maximum atomic E-state index is 5.76. The van der Waals surface area contributed by atoms with Crippen molar-refractivity contribution in [3.63, 3.8) is 0 Å². The first-order valence-corrected chi connectivity index (χ1v) is 5.28. The maximum absolute atomic E-state index is 5.76. The highest BCUT2D eigenvalue weighted by molar-refractivity contribution is 7.15. The molecule has 14 heavy (non-hydrogen) atoms. The van der Waals surface area contributed by atoms with E-state index in [9.17, 15) is 0 Å². The second-order valence-electron chi connectivity index (χ2n) is 2.92. The zero-order chi connectivity index (χ0) is 9.97. The lowest BCUT2D eigenvalue weighted by Crippen LogP contribution is -1.92. The van der Waals surface area contributed by atoms with Crippen molar-refractivity contribution in [1.82, 2.24) is 9.97 Å². The van der Waals surface area contributed by atoms with E-state index in [-0.39, 0.29) is 0 Å². The van der Waals surface area contributed by atoms with E-state index in [1.165, 1.54) is 4.88 Å². The fourth-order valence-corrected chi connectivity index (χ4v) is 2.08. The van der Waals surface area contributed by atoms with Crippen LogP contribution in [0.1, 0.15) is 11.8 Å². The minimum Gasteiger partial charge on any atom is -0.383 e. The number of aryl methyl sites for hydroxylation is 1. The number of hydrogen-bond donors (Lipinski definition) is 1. The van der Waals surface area contributed by atoms with Gasteiger partial charge in [0.05, 0.1) is 5.56 Å². The number of aromatic nitrogens is 2. The molecule has 0 radical (unpaired) electrons. The molecule has 0 aliphatic carbocycles. The molecule has 2 N–H and O–H groups in total. The zero-order valence-electron chi connectivity index (χ0n) is 7.90. The Morgan fingerprint density at radius 3 is 2.93 bits per heavy atom. The van der Waals surface area contributed by atoms with Crippen LogP contribution >= 0.6 is 11.3 Å². The summed E-state index contributed by atoms with van der Waals surface area (Å²) in [6, 6.07) is 3.82. The van der Waals surface area contributed by atoms with E-state index in [4.69, 9.17) is 5.73 Å². The Morgan fingerprint density at radius 1 is 1.43 bits per heavy atom. The largest absolute Gasteiger partial charge is 0.383 e. The average molecular weight is 205 g/mol. The van der Waals surface area contributed by atoms with Gasteiger partial charge >= 0.3 is 0 Å². The van der Waals surface area contributed by atoms with Crippen LogP contribution in [0.3, 0.4) is 0 Å². The van der Waals surface area contributed by atoms with Gasteiger partial charge in [-0.05, 0) is 18.6 Å². The molecule has 2 aromatic rings. The third kappa shape index (κ3) is 1.61. The number of thiazole rings is 1. The molecule has 0 atom stereocenters. The van der Waals surface area contributed by atoms with Crippen molar-refractivity contribution >= 4 is 17.2 Å². The Hall–Kier alpha value is -1.42. The molecule has 0 saturated heterocycles. The lowest BCUT2D eigenvalue weighted by atomic mass is 10.3. The van der Waals surface area contributed by atoms with Gasteiger partial charge in [-0.2, -0.15) is 0 Å². The summed E-state index contributed by atoms with van der Waals surface area (Å²) in [5, 5.41) is 0.951. The molecule has 3 nitrogen and oxygen atoms in total. The van der Waals surface area contributed by atoms with Gasteiger partial charge in [-0.25, -0.2) is 9.97 Å². The van der Waals surface area contributed by atoms with Crippen molar-refractivity contribution in [3.8, 4) is 10.6 Å². The predicted molar refractivity (Wildman–Crippen MR) is 59.1 cm³/mol. The van der Waals surface area contributed by atoms with Crippen LogP contribution in [0.4, 0.5) is 5.82 Å². The molecule has 0 aliphatic heterocycles. The van der Waals surface area contributed by atoms with Crippen LogP contribution in [-0.2, 0) is 6.42 Å². The van der Waals surface area contributed by atoms with E-state index in [1.807, 2.05) is 18.3 Å². The topological polar surface area (TPSA) is 51.8 Å². The summed E-state index contributed by atoms with van der Waals surface area (Å²) in [4.78, 5) is 9.62. The Kier molecular flexibility index (Phi) is 2.45. The summed E-state index contributed by atoms with van der Waals surface area (Å²) in [6.45, 7) is 2.11. The highest BCUT2D eigenvalue weighted by atomic mass is 32.1. The highest BCUT2D eigenvalue weighted by Crippen LogP contribution is 2.28. The van der Waals surface area contributed by atoms with Crippen LogP contribution in [0.5, 0.6) is 0 Å². The van der Waals surface area contributed by atoms with Gasteiger partial charge < -0.3 is 5.73 Å². The molecule has 2 aromatic heterocycles. The zero-order valence-corrected chi connectivity index (χ0v) is 8.71. The minimum atomic E-state index is 0.546. The molecule has 0 aromatic carbocycles. The van der Waals surface area contributed by atoms with Gasteiger partial charge in [0.25, 0.3) is 0 Å². The fourth-order valence-electron chi connectivity index (χ4n) is 1.19. The van der Waals surface area contributed by atoms with Crippen LogP contribution in [0, 0.1) is 0 Å². The molecule has 2 rings (SSSR count). The molecular weight excluding hydrogens is 194 g/mol. The van der Waals surface area contributed by atoms with Crippen molar-refractivity contribution in [2.24, 2.45) is 0 Å². The number of nitrogens with two attached hydrogens (primary N) is 1. The number of anilines is 1. The van der Waals surface area contributed by atoms with Crippen LogP contribution in [0.25, 0.3) is 10.6 Å². The standard InChI is InChI=1S/C10H11N3S/c1-2-7-6-13-10(14-7)8-4-3-5-12-9(8)11/h3-6H,2H2,1H3,(H2,11,12). The van der Waals surface area contributed by atoms with Crippen molar-refractivity contribution in [3.05, 3.63) is 29.4 Å². The summed E-state index contributed by atoms with van der Waals surface area (Å²) in [5.74, 6) is 0.546. The summed E-state index contributed by atoms with van der Waals surface area (Å²) in [5.41, 5.74) is 6.69. The lowest BCUT2D eigenvalue weighted by Gasteiger charge is -1.98. The molecule has 2 heterocycles. The lowest BCUT2D eigenvalue weighted by molar-refractivity contribution is 1.17. The average Bonchev–Trinajstić information content (AvgIpc) is 2.67. The number of nitrogens with zero attached hydrogens (tertiary/aromatic N) is 2. The van der Waals surface area contributed by atoms with Crippen molar-refractivity contribution in [2.75, 3.05) is 5.73 Å². The van der Waals surface area contributed by atoms with Crippen LogP contribution in [0.15, 0.2) is 24.5 Å². The molecular formula is C10H11N3S. The molecule has 0 aliphatic rings. The fraction of sp³-hybridized carbons (Fsp3) is 0.200. The van der Waals surface area contributed by atoms with E-state index in [1.54, 1.807) is 17.5 Å². The third-order valence-corrected chi connectivity index (χ3v) is 3.15. The first-order valence-electron chi connectivity index (χ1n) is 4.47. The Balaban J connectivity index is 2.44. The van der Waals surface area contributed by atoms with Crippen molar-refractivity contribution in [2.45, 2.75) is 13.3 Å². The molecule has 0 bridgehead atoms. The van der Waals surface area contributed by atoms with E-state index in [0.717, 1.165) is 17.0 Å². The Bertz CT molecular complexity index is 436. The van der Waals surface area contributed by atoms with E-state index < -0.39 is 0 Å². The number of nitrogen functional groups attached to an aromatic ring is 1. The minimum absolute atomic E-state index is 0.546. The van der Waals surface area contributed by atoms with Gasteiger partial charge in [-0.3, -0.25) is 0 Å². The summed E-state index contributed by atoms with van der Waals surface area (Å²) >= 11 is 1.67. The van der Waals surface area contributed by atoms with Gasteiger partial charge in [0.2, 0.25) is 0 Å². The molecule has 0 unspecified atom stereocenters. The first kappa shape index (κ1) is 9.15. The monoisotopic (exact) mass is 205 g/mol. The van der Waals surface area contributed by atoms with Crippen LogP contribution in [-0.4, -0.2) is 9.97 Å². The predicted octanol–water partition coefficient (Wildman–Crippen LogP) is 2.35. The number of hydrogen-bond acceptors (Lipinski definition) is 4. The van der Waals surface area contributed by atoms with Crippen LogP contribution < -0.4 is 5.73 Å². The smallest absolute Gasteiger partial charge is 0.133 e. The van der Waals surface area contributed by atoms with E-state index in [0.29, 0.717) is 5.82 Å². The molecule has 0 spiro atoms. The summed E-state index contributed by atoms with van der Waals surface area (Å²) < 4.78 is 0. The first-order chi connectivity index (χ1) is 6.81. The second kappa shape index (κ2) is 3.75. The van der Waals surface area contributed by atoms with Gasteiger partial charge in [0.15, 0.2) is 0 Å². The molecule has 0 amide bonds. The summed E-state index contributed by atoms with van der Waals surface area (Å²) in [7, 11) is 0. The number of pyridine rings is 1. The normalized spacial score (nSPS) is 10.4. The molecule has 0 fully saturated rings. The van der Waals surface area contributed by atoms with Gasteiger partial charge in [0.1, 0.15) is 10.8 Å². The molecule has 0 saturated carbocycles. The SMILES string of the molecule is CCc1cnc(-c2cccnc2N)s1. The van der Waals surface area contributed by atoms with E-state index in [2.05, 4.69) is 16.9 Å². The molecule has 72 valence electrons. The van der Waals surface area contributed by atoms with Gasteiger partial charge in [-0.15, -0.1) is 11.3 Å². The second-order valence-corrected chi connectivity index (χ2v) is 4.04. The quantitative estimate of drug-likeness (QED) is 0.818. The van der Waals surface area contributed by atoms with Gasteiger partial charge in [-0.1, -0.05) is 6.92 Å². The highest BCUT2D eigenvalue weighted by Gasteiger charge is 2.06. The third-order valence-electron chi connectivity index (χ3n) is 1.97. The Morgan fingerprint density at radius 2 is 2.29 bits per heavy atom. The number of rotatable bonds is 2. The van der Waals surface area contributed by atoms with Gasteiger partial charge in [0, 0.05) is 17.3 Å². The van der Waals surface area contributed by atoms with Crippen molar-refractivity contribution < 1.29 is 0 Å². The molecule has 4 heteroatoms. The van der Waals surface area contributed by atoms with Crippen molar-refractivity contribution in [1.29, 1.82) is 0 Å². The Labute approximate surface area is 86.6 Å². The maximum Gasteiger partial charge on any atom is 0.133 e. The summed E-state index contributed by atoms with van der Waals surface area (Å²) in [6.07, 6.45) is 4.59. The van der Waals surface area contributed by atoms with Crippen LogP contribution in [0.2, 0.25) is 0 Å². The van der Waals surface area contributed by atoms with E-state index >= 15 is 0 Å².